The summed E-state index contributed by atoms with van der Waals surface area (Å²) in [6.07, 6.45) is 0. The van der Waals surface area contributed by atoms with Crippen molar-refractivity contribution in [3.63, 3.8) is 0 Å². The van der Waals surface area contributed by atoms with Crippen molar-refractivity contribution in [2.75, 3.05) is 6.61 Å². The molecule has 0 atom stereocenters. The maximum Gasteiger partial charge on any atom is 0.317 e. The molecule has 0 bridgehead atoms. The summed E-state index contributed by atoms with van der Waals surface area (Å²) in [5.41, 5.74) is 1.65. The van der Waals surface area contributed by atoms with Gasteiger partial charge in [0, 0.05) is 5.38 Å². The SMILES string of the molecule is CCOC(=O)C(C)(C)c1csc(-c2c(C)noc2C)n1. The van der Waals surface area contributed by atoms with Gasteiger partial charge in [0.05, 0.1) is 23.6 Å². The van der Waals surface area contributed by atoms with E-state index in [0.29, 0.717) is 12.3 Å². The molecular weight excluding hydrogens is 276 g/mol. The van der Waals surface area contributed by atoms with Crippen LogP contribution in [0.25, 0.3) is 10.6 Å². The fraction of sp³-hybridized carbons (Fsp3) is 0.500. The third kappa shape index (κ3) is 2.47. The van der Waals surface area contributed by atoms with Gasteiger partial charge in [-0.25, -0.2) is 4.98 Å². The van der Waals surface area contributed by atoms with Crippen LogP contribution in [0.4, 0.5) is 0 Å². The fourth-order valence-electron chi connectivity index (χ4n) is 1.88. The average Bonchev–Trinajstić information content (AvgIpc) is 2.97. The van der Waals surface area contributed by atoms with E-state index in [-0.39, 0.29) is 5.97 Å². The number of ether oxygens (including phenoxy) is 1. The highest BCUT2D eigenvalue weighted by Crippen LogP contribution is 2.33. The number of nitrogens with zero attached hydrogens (tertiary/aromatic N) is 2. The number of aryl methyl sites for hydroxylation is 2. The van der Waals surface area contributed by atoms with Crippen LogP contribution in [-0.2, 0) is 14.9 Å². The average molecular weight is 294 g/mol. The van der Waals surface area contributed by atoms with E-state index < -0.39 is 5.41 Å². The van der Waals surface area contributed by atoms with Crippen LogP contribution in [0.5, 0.6) is 0 Å². The maximum atomic E-state index is 12.0. The highest BCUT2D eigenvalue weighted by Gasteiger charge is 2.34. The van der Waals surface area contributed by atoms with Gasteiger partial charge in [-0.1, -0.05) is 5.16 Å². The monoisotopic (exact) mass is 294 g/mol. The third-order valence-electron chi connectivity index (χ3n) is 3.18. The first-order chi connectivity index (χ1) is 9.37. The molecular formula is C14H18N2O3S. The minimum Gasteiger partial charge on any atom is -0.465 e. The largest absolute Gasteiger partial charge is 0.465 e. The molecule has 2 aromatic heterocycles. The molecule has 0 N–H and O–H groups in total. The molecule has 0 spiro atoms. The molecule has 0 aliphatic carbocycles. The van der Waals surface area contributed by atoms with Gasteiger partial charge in [0.25, 0.3) is 0 Å². The van der Waals surface area contributed by atoms with Crippen molar-refractivity contribution in [1.29, 1.82) is 0 Å². The van der Waals surface area contributed by atoms with Gasteiger partial charge in [-0.05, 0) is 34.6 Å². The molecule has 0 aliphatic rings. The van der Waals surface area contributed by atoms with Crippen molar-refractivity contribution in [3.8, 4) is 10.6 Å². The zero-order chi connectivity index (χ0) is 14.9. The lowest BCUT2D eigenvalue weighted by molar-refractivity contribution is -0.148. The Morgan fingerprint density at radius 3 is 2.70 bits per heavy atom. The van der Waals surface area contributed by atoms with Gasteiger partial charge in [-0.3, -0.25) is 4.79 Å². The Balaban J connectivity index is 2.36. The van der Waals surface area contributed by atoms with Crippen molar-refractivity contribution in [2.24, 2.45) is 0 Å². The zero-order valence-electron chi connectivity index (χ0n) is 12.3. The molecule has 0 aliphatic heterocycles. The Hall–Kier alpha value is -1.69. The van der Waals surface area contributed by atoms with Crippen molar-refractivity contribution in [2.45, 2.75) is 40.0 Å². The molecule has 0 aromatic carbocycles. The van der Waals surface area contributed by atoms with Crippen LogP contribution in [0.3, 0.4) is 0 Å². The van der Waals surface area contributed by atoms with E-state index in [2.05, 4.69) is 10.1 Å². The van der Waals surface area contributed by atoms with Gasteiger partial charge in [-0.2, -0.15) is 0 Å². The molecule has 0 radical (unpaired) electrons. The molecule has 0 saturated carbocycles. The van der Waals surface area contributed by atoms with Gasteiger partial charge in [-0.15, -0.1) is 11.3 Å². The van der Waals surface area contributed by atoms with E-state index in [1.807, 2.05) is 33.1 Å². The fourth-order valence-corrected chi connectivity index (χ4v) is 3.01. The predicted molar refractivity (Wildman–Crippen MR) is 76.7 cm³/mol. The molecule has 0 unspecified atom stereocenters. The number of hydrogen-bond acceptors (Lipinski definition) is 6. The maximum absolute atomic E-state index is 12.0. The number of hydrogen-bond donors (Lipinski definition) is 0. The lowest BCUT2D eigenvalue weighted by atomic mass is 9.90. The summed E-state index contributed by atoms with van der Waals surface area (Å²) in [5, 5.41) is 6.63. The topological polar surface area (TPSA) is 65.2 Å². The van der Waals surface area contributed by atoms with E-state index in [9.17, 15) is 4.79 Å². The highest BCUT2D eigenvalue weighted by molar-refractivity contribution is 7.13. The quantitative estimate of drug-likeness (QED) is 0.810. The standard InChI is InChI=1S/C14H18N2O3S/c1-6-18-13(17)14(4,5)10-7-20-12(15-10)11-8(2)16-19-9(11)3/h7H,6H2,1-5H3. The Morgan fingerprint density at radius 1 is 1.45 bits per heavy atom. The van der Waals surface area contributed by atoms with Crippen molar-refractivity contribution in [1.82, 2.24) is 10.1 Å². The van der Waals surface area contributed by atoms with Crippen LogP contribution in [-0.4, -0.2) is 22.7 Å². The molecule has 0 fully saturated rings. The molecule has 0 saturated heterocycles. The van der Waals surface area contributed by atoms with Gasteiger partial charge < -0.3 is 9.26 Å². The van der Waals surface area contributed by atoms with Crippen LogP contribution in [0.1, 0.15) is 37.9 Å². The number of carbonyl (C=O) groups is 1. The van der Waals surface area contributed by atoms with Crippen molar-refractivity contribution >= 4 is 17.3 Å². The first-order valence-corrected chi connectivity index (χ1v) is 7.32. The third-order valence-corrected chi connectivity index (χ3v) is 4.04. The van der Waals surface area contributed by atoms with Crippen LogP contribution < -0.4 is 0 Å². The second-order valence-electron chi connectivity index (χ2n) is 5.08. The summed E-state index contributed by atoms with van der Waals surface area (Å²) in [4.78, 5) is 16.6. The van der Waals surface area contributed by atoms with E-state index in [1.165, 1.54) is 11.3 Å². The second kappa shape index (κ2) is 5.36. The lowest BCUT2D eigenvalue weighted by Gasteiger charge is -2.19. The minimum atomic E-state index is -0.760. The van der Waals surface area contributed by atoms with Crippen molar-refractivity contribution < 1.29 is 14.1 Å². The van der Waals surface area contributed by atoms with E-state index in [4.69, 9.17) is 9.26 Å². The first kappa shape index (κ1) is 14.7. The molecule has 2 aromatic rings. The number of rotatable bonds is 4. The van der Waals surface area contributed by atoms with Crippen LogP contribution >= 0.6 is 11.3 Å². The van der Waals surface area contributed by atoms with Crippen LogP contribution in [0, 0.1) is 13.8 Å². The number of esters is 1. The predicted octanol–water partition coefficient (Wildman–Crippen LogP) is 3.26. The van der Waals surface area contributed by atoms with Crippen LogP contribution in [0.15, 0.2) is 9.90 Å². The highest BCUT2D eigenvalue weighted by atomic mass is 32.1. The smallest absolute Gasteiger partial charge is 0.317 e. The summed E-state index contributed by atoms with van der Waals surface area (Å²) >= 11 is 1.48. The molecule has 2 heterocycles. The summed E-state index contributed by atoms with van der Waals surface area (Å²) in [6.45, 7) is 9.53. The minimum absolute atomic E-state index is 0.268. The lowest BCUT2D eigenvalue weighted by Crippen LogP contribution is -2.31. The van der Waals surface area contributed by atoms with Gasteiger partial charge in [0.15, 0.2) is 0 Å². The van der Waals surface area contributed by atoms with E-state index in [1.54, 1.807) is 6.92 Å². The normalized spacial score (nSPS) is 11.7. The number of carbonyl (C=O) groups excluding carboxylic acids is 1. The van der Waals surface area contributed by atoms with Gasteiger partial charge in [0.2, 0.25) is 0 Å². The Morgan fingerprint density at radius 2 is 2.15 bits per heavy atom. The summed E-state index contributed by atoms with van der Waals surface area (Å²) in [6, 6.07) is 0. The van der Waals surface area contributed by atoms with E-state index >= 15 is 0 Å². The van der Waals surface area contributed by atoms with E-state index in [0.717, 1.165) is 22.0 Å². The summed E-state index contributed by atoms with van der Waals surface area (Å²) < 4.78 is 10.3. The Kier molecular flexibility index (Phi) is 3.94. The number of aromatic nitrogens is 2. The molecule has 6 heteroatoms. The van der Waals surface area contributed by atoms with Gasteiger partial charge >= 0.3 is 5.97 Å². The zero-order valence-corrected chi connectivity index (χ0v) is 13.1. The van der Waals surface area contributed by atoms with Crippen molar-refractivity contribution in [3.05, 3.63) is 22.5 Å². The molecule has 20 heavy (non-hydrogen) atoms. The second-order valence-corrected chi connectivity index (χ2v) is 5.94. The Labute approximate surface area is 122 Å². The summed E-state index contributed by atoms with van der Waals surface area (Å²) in [5.74, 6) is 0.466. The first-order valence-electron chi connectivity index (χ1n) is 6.44. The summed E-state index contributed by atoms with van der Waals surface area (Å²) in [7, 11) is 0. The van der Waals surface area contributed by atoms with Gasteiger partial charge in [0.1, 0.15) is 16.2 Å². The molecule has 5 nitrogen and oxygen atoms in total. The Bertz CT molecular complexity index is 609. The molecule has 0 amide bonds. The molecule has 108 valence electrons. The number of thiazole rings is 1. The molecule has 2 rings (SSSR count). The van der Waals surface area contributed by atoms with Crippen LogP contribution in [0.2, 0.25) is 0 Å².